The maximum atomic E-state index is 12.3. The lowest BCUT2D eigenvalue weighted by atomic mass is 10.1. The van der Waals surface area contributed by atoms with Crippen molar-refractivity contribution in [3.05, 3.63) is 53.0 Å². The van der Waals surface area contributed by atoms with E-state index in [0.717, 1.165) is 0 Å². The maximum absolute atomic E-state index is 12.3. The zero-order chi connectivity index (χ0) is 19.1. The Morgan fingerprint density at radius 2 is 1.50 bits per heavy atom. The van der Waals surface area contributed by atoms with Crippen LogP contribution in [-0.2, 0) is 15.9 Å². The highest BCUT2D eigenvalue weighted by Gasteiger charge is 2.17. The van der Waals surface area contributed by atoms with Gasteiger partial charge in [0.25, 0.3) is 5.91 Å². The van der Waals surface area contributed by atoms with Gasteiger partial charge in [-0.05, 0) is 44.2 Å². The van der Waals surface area contributed by atoms with E-state index in [-0.39, 0.29) is 35.8 Å². The van der Waals surface area contributed by atoms with Crippen molar-refractivity contribution in [2.24, 2.45) is 0 Å². The summed E-state index contributed by atoms with van der Waals surface area (Å²) in [5, 5.41) is 2.62. The number of hydrogen-bond acceptors (Lipinski definition) is 6. The number of anilines is 1. The van der Waals surface area contributed by atoms with Crippen molar-refractivity contribution in [2.45, 2.75) is 27.2 Å². The molecule has 0 fully saturated rings. The number of aryl methyl sites for hydroxylation is 1. The first-order valence-electron chi connectivity index (χ1n) is 8.37. The lowest BCUT2D eigenvalue weighted by Crippen LogP contribution is -2.14. The molecular formula is C19H21NO6. The summed E-state index contributed by atoms with van der Waals surface area (Å²) in [6.45, 7) is 5.65. The Labute approximate surface area is 151 Å². The number of amides is 1. The number of carbonyl (C=O) groups is 3. The Kier molecular flexibility index (Phi) is 6.54. The Morgan fingerprint density at radius 1 is 0.923 bits per heavy atom. The van der Waals surface area contributed by atoms with Gasteiger partial charge in [0.1, 0.15) is 5.76 Å². The minimum absolute atomic E-state index is 0.140. The van der Waals surface area contributed by atoms with Crippen molar-refractivity contribution in [3.8, 4) is 0 Å². The lowest BCUT2D eigenvalue weighted by molar-refractivity contribution is 0.0525. The van der Waals surface area contributed by atoms with E-state index in [2.05, 4.69) is 5.32 Å². The van der Waals surface area contributed by atoms with Gasteiger partial charge in [0.15, 0.2) is 5.76 Å². The standard InChI is InChI=1S/C19H21NO6/c1-4-15-7-8-16(26-15)17(21)20-14-10-12(18(22)24-5-2)9-13(11-14)19(23)25-6-3/h7-11H,4-6H2,1-3H3,(H,20,21). The molecule has 1 aromatic heterocycles. The second-order valence-corrected chi connectivity index (χ2v) is 5.31. The van der Waals surface area contributed by atoms with Crippen LogP contribution in [0, 0.1) is 0 Å². The number of nitrogens with one attached hydrogen (secondary N) is 1. The molecule has 0 atom stereocenters. The maximum Gasteiger partial charge on any atom is 0.338 e. The van der Waals surface area contributed by atoms with Crippen LogP contribution in [0.3, 0.4) is 0 Å². The van der Waals surface area contributed by atoms with Gasteiger partial charge in [-0.1, -0.05) is 6.92 Å². The number of rotatable bonds is 7. The first kappa shape index (κ1) is 19.2. The average Bonchev–Trinajstić information content (AvgIpc) is 3.11. The van der Waals surface area contributed by atoms with Crippen molar-refractivity contribution in [1.82, 2.24) is 0 Å². The largest absolute Gasteiger partial charge is 0.462 e. The van der Waals surface area contributed by atoms with E-state index < -0.39 is 17.8 Å². The van der Waals surface area contributed by atoms with Gasteiger partial charge >= 0.3 is 11.9 Å². The number of esters is 2. The molecule has 0 aliphatic rings. The summed E-state index contributed by atoms with van der Waals surface area (Å²) >= 11 is 0. The Bertz CT molecular complexity index is 772. The highest BCUT2D eigenvalue weighted by atomic mass is 16.5. The molecule has 7 nitrogen and oxygen atoms in total. The van der Waals surface area contributed by atoms with Gasteiger partial charge in [0.05, 0.1) is 24.3 Å². The number of hydrogen-bond donors (Lipinski definition) is 1. The molecule has 2 aromatic rings. The molecule has 0 aliphatic heterocycles. The van der Waals surface area contributed by atoms with Gasteiger partial charge in [0, 0.05) is 12.1 Å². The predicted molar refractivity (Wildman–Crippen MR) is 94.4 cm³/mol. The van der Waals surface area contributed by atoms with Crippen molar-refractivity contribution in [3.63, 3.8) is 0 Å². The van der Waals surface area contributed by atoms with E-state index >= 15 is 0 Å². The van der Waals surface area contributed by atoms with Gasteiger partial charge in [-0.15, -0.1) is 0 Å². The number of carbonyl (C=O) groups excluding carboxylic acids is 3. The molecule has 7 heteroatoms. The van der Waals surface area contributed by atoms with Crippen LogP contribution < -0.4 is 5.32 Å². The second-order valence-electron chi connectivity index (χ2n) is 5.31. The molecule has 0 radical (unpaired) electrons. The molecule has 0 unspecified atom stereocenters. The predicted octanol–water partition coefficient (Wildman–Crippen LogP) is 3.45. The molecule has 26 heavy (non-hydrogen) atoms. The first-order chi connectivity index (χ1) is 12.5. The molecule has 138 valence electrons. The fraction of sp³-hybridized carbons (Fsp3) is 0.316. The van der Waals surface area contributed by atoms with Crippen LogP contribution in [0.5, 0.6) is 0 Å². The molecule has 1 amide bonds. The minimum Gasteiger partial charge on any atom is -0.462 e. The summed E-state index contributed by atoms with van der Waals surface area (Å²) in [6, 6.07) is 7.52. The van der Waals surface area contributed by atoms with Crippen LogP contribution in [0.25, 0.3) is 0 Å². The normalized spacial score (nSPS) is 10.3. The quantitative estimate of drug-likeness (QED) is 0.761. The van der Waals surface area contributed by atoms with E-state index in [0.29, 0.717) is 12.2 Å². The van der Waals surface area contributed by atoms with Crippen LogP contribution in [0.4, 0.5) is 5.69 Å². The minimum atomic E-state index is -0.597. The Hall–Kier alpha value is -3.09. The molecule has 1 aromatic carbocycles. The average molecular weight is 359 g/mol. The van der Waals surface area contributed by atoms with Crippen LogP contribution in [-0.4, -0.2) is 31.1 Å². The zero-order valence-corrected chi connectivity index (χ0v) is 15.0. The Balaban J connectivity index is 2.31. The van der Waals surface area contributed by atoms with Gasteiger partial charge in [-0.25, -0.2) is 9.59 Å². The van der Waals surface area contributed by atoms with E-state index in [4.69, 9.17) is 13.9 Å². The third-order valence-electron chi connectivity index (χ3n) is 3.45. The van der Waals surface area contributed by atoms with Gasteiger partial charge < -0.3 is 19.2 Å². The number of furan rings is 1. The highest BCUT2D eigenvalue weighted by molar-refractivity contribution is 6.04. The van der Waals surface area contributed by atoms with Crippen molar-refractivity contribution in [2.75, 3.05) is 18.5 Å². The van der Waals surface area contributed by atoms with Crippen LogP contribution in [0.15, 0.2) is 34.7 Å². The molecule has 0 spiro atoms. The van der Waals surface area contributed by atoms with Crippen molar-refractivity contribution < 1.29 is 28.3 Å². The smallest absolute Gasteiger partial charge is 0.338 e. The number of ether oxygens (including phenoxy) is 2. The topological polar surface area (TPSA) is 94.8 Å². The molecule has 0 aliphatic carbocycles. The lowest BCUT2D eigenvalue weighted by Gasteiger charge is -2.10. The van der Waals surface area contributed by atoms with Gasteiger partial charge in [-0.2, -0.15) is 0 Å². The molecule has 0 saturated carbocycles. The van der Waals surface area contributed by atoms with E-state index in [9.17, 15) is 14.4 Å². The summed E-state index contributed by atoms with van der Waals surface area (Å²) in [5.74, 6) is -0.856. The van der Waals surface area contributed by atoms with E-state index in [1.807, 2.05) is 6.92 Å². The fourth-order valence-electron chi connectivity index (χ4n) is 2.25. The van der Waals surface area contributed by atoms with Crippen molar-refractivity contribution >= 4 is 23.5 Å². The van der Waals surface area contributed by atoms with Crippen LogP contribution >= 0.6 is 0 Å². The molecule has 0 bridgehead atoms. The summed E-state index contributed by atoms with van der Waals surface area (Å²) in [5.41, 5.74) is 0.542. The SMILES string of the molecule is CCOC(=O)c1cc(NC(=O)c2ccc(CC)o2)cc(C(=O)OCC)c1. The molecular weight excluding hydrogens is 338 g/mol. The monoisotopic (exact) mass is 359 g/mol. The van der Waals surface area contributed by atoms with Crippen molar-refractivity contribution in [1.29, 1.82) is 0 Å². The summed E-state index contributed by atoms with van der Waals surface area (Å²) < 4.78 is 15.3. The number of benzene rings is 1. The van der Waals surface area contributed by atoms with Crippen LogP contribution in [0.1, 0.15) is 57.8 Å². The first-order valence-corrected chi connectivity index (χ1v) is 8.37. The Morgan fingerprint density at radius 3 is 1.96 bits per heavy atom. The van der Waals surface area contributed by atoms with E-state index in [1.54, 1.807) is 26.0 Å². The fourth-order valence-corrected chi connectivity index (χ4v) is 2.25. The van der Waals surface area contributed by atoms with Gasteiger partial charge in [-0.3, -0.25) is 4.79 Å². The third-order valence-corrected chi connectivity index (χ3v) is 3.45. The summed E-state index contributed by atoms with van der Waals surface area (Å²) in [7, 11) is 0. The molecule has 1 heterocycles. The molecule has 0 saturated heterocycles. The van der Waals surface area contributed by atoms with E-state index in [1.165, 1.54) is 18.2 Å². The molecule has 1 N–H and O–H groups in total. The van der Waals surface area contributed by atoms with Gasteiger partial charge in [0.2, 0.25) is 0 Å². The summed E-state index contributed by atoms with van der Waals surface area (Å²) in [6.07, 6.45) is 0.665. The summed E-state index contributed by atoms with van der Waals surface area (Å²) in [4.78, 5) is 36.4. The third kappa shape index (κ3) is 4.72. The molecule has 2 rings (SSSR count). The van der Waals surface area contributed by atoms with Crippen LogP contribution in [0.2, 0.25) is 0 Å². The zero-order valence-electron chi connectivity index (χ0n) is 15.0. The highest BCUT2D eigenvalue weighted by Crippen LogP contribution is 2.19. The second kappa shape index (κ2) is 8.84.